The van der Waals surface area contributed by atoms with Crippen LogP contribution in [0, 0.1) is 23.2 Å². The van der Waals surface area contributed by atoms with E-state index in [9.17, 15) is 22.8 Å². The number of rotatable bonds is 5. The van der Waals surface area contributed by atoms with Crippen molar-refractivity contribution in [3.63, 3.8) is 0 Å². The van der Waals surface area contributed by atoms with Crippen LogP contribution in [0.2, 0.25) is 4.47 Å². The van der Waals surface area contributed by atoms with Gasteiger partial charge in [0, 0.05) is 11.6 Å². The molecule has 5 aliphatic rings. The first-order valence-electron chi connectivity index (χ1n) is 11.4. The first kappa shape index (κ1) is 22.4. The number of methoxy groups -OCH3 is 1. The molecule has 0 saturated heterocycles. The fourth-order valence-corrected chi connectivity index (χ4v) is 8.15. The number of aromatic nitrogens is 1. The number of hydrogen-bond acceptors (Lipinski definition) is 5. The lowest BCUT2D eigenvalue weighted by Gasteiger charge is -2.70. The summed E-state index contributed by atoms with van der Waals surface area (Å²) in [5.74, 6) is -0.377. The number of alkyl halides is 3. The summed E-state index contributed by atoms with van der Waals surface area (Å²) in [6.45, 7) is 0. The maximum absolute atomic E-state index is 13.4. The summed E-state index contributed by atoms with van der Waals surface area (Å²) in [4.78, 5) is 31.0. The Morgan fingerprint density at radius 2 is 1.91 bits per heavy atom. The van der Waals surface area contributed by atoms with Gasteiger partial charge in [-0.1, -0.05) is 11.6 Å². The molecule has 0 aliphatic heterocycles. The van der Waals surface area contributed by atoms with Crippen molar-refractivity contribution in [3.8, 4) is 5.75 Å². The molecule has 2 amide bonds. The van der Waals surface area contributed by atoms with Crippen molar-refractivity contribution in [3.05, 3.63) is 22.2 Å². The summed E-state index contributed by atoms with van der Waals surface area (Å²) in [6, 6.07) is 3.02. The van der Waals surface area contributed by atoms with Crippen molar-refractivity contribution >= 4 is 45.0 Å². The molecule has 0 unspecified atom stereocenters. The first-order valence-corrected chi connectivity index (χ1v) is 12.6. The third-order valence-corrected chi connectivity index (χ3v) is 9.67. The maximum atomic E-state index is 13.4. The van der Waals surface area contributed by atoms with Crippen molar-refractivity contribution in [2.75, 3.05) is 7.11 Å². The highest BCUT2D eigenvalue weighted by Gasteiger charge is 2.79. The molecular formula is C23H23ClF3N3O3S. The van der Waals surface area contributed by atoms with Crippen molar-refractivity contribution in [2.24, 2.45) is 23.2 Å². The fourth-order valence-electron chi connectivity index (χ4n) is 7.00. The predicted octanol–water partition coefficient (Wildman–Crippen LogP) is 4.70. The molecule has 34 heavy (non-hydrogen) atoms. The summed E-state index contributed by atoms with van der Waals surface area (Å²) in [5, 5.41) is 6.02. The third-order valence-electron chi connectivity index (χ3n) is 8.48. The molecule has 1 aromatic heterocycles. The van der Waals surface area contributed by atoms with E-state index >= 15 is 0 Å². The van der Waals surface area contributed by atoms with Gasteiger partial charge in [-0.25, -0.2) is 4.98 Å². The van der Waals surface area contributed by atoms with E-state index in [-0.39, 0.29) is 49.0 Å². The second kappa shape index (κ2) is 7.22. The van der Waals surface area contributed by atoms with Crippen LogP contribution in [0.4, 0.5) is 13.2 Å². The molecule has 0 radical (unpaired) electrons. The number of nitrogens with zero attached hydrogens (tertiary/aromatic N) is 1. The van der Waals surface area contributed by atoms with Gasteiger partial charge >= 0.3 is 6.18 Å². The zero-order valence-electron chi connectivity index (χ0n) is 18.3. The number of carbonyl (C=O) groups is 2. The van der Waals surface area contributed by atoms with Crippen molar-refractivity contribution in [2.45, 2.75) is 56.3 Å². The van der Waals surface area contributed by atoms with Gasteiger partial charge < -0.3 is 15.4 Å². The van der Waals surface area contributed by atoms with Crippen LogP contribution in [-0.2, 0) is 4.79 Å². The van der Waals surface area contributed by atoms with E-state index in [0.717, 1.165) is 19.3 Å². The summed E-state index contributed by atoms with van der Waals surface area (Å²) in [7, 11) is 1.48. The Bertz CT molecular complexity index is 1200. The molecule has 7 rings (SSSR count). The Morgan fingerprint density at radius 1 is 1.21 bits per heavy atom. The first-order chi connectivity index (χ1) is 16.0. The topological polar surface area (TPSA) is 80.3 Å². The average molecular weight is 514 g/mol. The normalized spacial score (nSPS) is 35.6. The Kier molecular flexibility index (Phi) is 4.76. The highest BCUT2D eigenvalue weighted by molar-refractivity contribution is 7.22. The van der Waals surface area contributed by atoms with Gasteiger partial charge in [-0.05, 0) is 62.5 Å². The van der Waals surface area contributed by atoms with Gasteiger partial charge in [0.25, 0.3) is 5.91 Å². The van der Waals surface area contributed by atoms with Crippen LogP contribution in [0.5, 0.6) is 5.75 Å². The molecule has 182 valence electrons. The number of halogens is 4. The minimum absolute atomic E-state index is 0.0432. The van der Waals surface area contributed by atoms with E-state index < -0.39 is 23.0 Å². The van der Waals surface area contributed by atoms with Crippen LogP contribution < -0.4 is 15.4 Å². The van der Waals surface area contributed by atoms with E-state index in [1.54, 1.807) is 12.1 Å². The third kappa shape index (κ3) is 3.10. The number of nitrogens with one attached hydrogen (secondary N) is 2. The highest BCUT2D eigenvalue weighted by Crippen LogP contribution is 2.73. The molecule has 5 aliphatic carbocycles. The molecule has 2 aromatic rings. The van der Waals surface area contributed by atoms with Crippen LogP contribution in [0.25, 0.3) is 10.2 Å². The van der Waals surface area contributed by atoms with Crippen LogP contribution in [0.1, 0.15) is 48.9 Å². The second-order valence-electron chi connectivity index (χ2n) is 10.4. The Morgan fingerprint density at radius 3 is 2.59 bits per heavy atom. The minimum Gasteiger partial charge on any atom is -0.496 e. The van der Waals surface area contributed by atoms with Crippen molar-refractivity contribution in [1.29, 1.82) is 0 Å². The van der Waals surface area contributed by atoms with Gasteiger partial charge in [-0.15, -0.1) is 11.3 Å². The molecule has 4 atom stereocenters. The monoisotopic (exact) mass is 513 g/mol. The number of amides is 2. The van der Waals surface area contributed by atoms with E-state index in [4.69, 9.17) is 16.3 Å². The molecule has 4 bridgehead atoms. The Hall–Kier alpha value is -2.07. The van der Waals surface area contributed by atoms with Gasteiger partial charge in [-0.3, -0.25) is 9.59 Å². The molecule has 5 saturated carbocycles. The molecule has 11 heteroatoms. The van der Waals surface area contributed by atoms with Gasteiger partial charge in [0.2, 0.25) is 5.91 Å². The van der Waals surface area contributed by atoms with E-state index in [0.29, 0.717) is 26.0 Å². The molecule has 5 fully saturated rings. The number of carbonyl (C=O) groups excluding carboxylic acids is 2. The lowest BCUT2D eigenvalue weighted by atomic mass is 9.39. The lowest BCUT2D eigenvalue weighted by molar-refractivity contribution is -0.337. The summed E-state index contributed by atoms with van der Waals surface area (Å²) < 4.78 is 46.0. The zero-order valence-corrected chi connectivity index (χ0v) is 19.9. The van der Waals surface area contributed by atoms with E-state index in [1.165, 1.54) is 18.4 Å². The molecule has 6 nitrogen and oxygen atoms in total. The smallest absolute Gasteiger partial charge is 0.394 e. The number of thiazole rings is 1. The van der Waals surface area contributed by atoms with Gasteiger partial charge in [0.05, 0.1) is 28.7 Å². The maximum Gasteiger partial charge on any atom is 0.394 e. The number of ether oxygens (including phenoxy) is 1. The molecule has 0 spiro atoms. The molecule has 1 heterocycles. The summed E-state index contributed by atoms with van der Waals surface area (Å²) >= 11 is 7.26. The number of hydrogen-bond donors (Lipinski definition) is 2. The van der Waals surface area contributed by atoms with Crippen LogP contribution in [-0.4, -0.2) is 41.7 Å². The Balaban J connectivity index is 1.22. The second-order valence-corrected chi connectivity index (χ2v) is 12.0. The summed E-state index contributed by atoms with van der Waals surface area (Å²) in [6.07, 6.45) is -1.72. The average Bonchev–Trinajstić information content (AvgIpc) is 3.40. The highest BCUT2D eigenvalue weighted by atomic mass is 35.5. The molecule has 2 N–H and O–H groups in total. The fraction of sp³-hybridized carbons (Fsp3) is 0.609. The van der Waals surface area contributed by atoms with E-state index in [1.807, 2.05) is 0 Å². The molecular weight excluding hydrogens is 491 g/mol. The predicted molar refractivity (Wildman–Crippen MR) is 120 cm³/mol. The standard InChI is InChI=1S/C23H23ClF3N3O3S/c1-33-13-5-4-12-17(34-20(24)28-12)15(13)18(31)29-16-11-3-2-10(6-11)14(16)19(32)30-22-7-21(8-22,9-22)23(25,26)27/h4-5,10-11,14,16H,2-3,6-9H2,1H3,(H,29,31)(H,30,32)/t10-,11+,14+,16-,21?,22?/m1/s1. The SMILES string of the molecule is COc1ccc2nc(Cl)sc2c1C(=O)N[C@@H]1[C@H]2CC[C@H](C2)[C@@H]1C(=O)NC12CC(C(F)(F)F)(C1)C2. The van der Waals surface area contributed by atoms with Crippen LogP contribution in [0.3, 0.4) is 0 Å². The van der Waals surface area contributed by atoms with Gasteiger partial charge in [0.1, 0.15) is 11.3 Å². The van der Waals surface area contributed by atoms with Gasteiger partial charge in [0.15, 0.2) is 4.47 Å². The number of benzene rings is 1. The van der Waals surface area contributed by atoms with Crippen molar-refractivity contribution < 1.29 is 27.5 Å². The van der Waals surface area contributed by atoms with Crippen LogP contribution >= 0.6 is 22.9 Å². The molecule has 1 aromatic carbocycles. The van der Waals surface area contributed by atoms with Gasteiger partial charge in [-0.2, -0.15) is 13.2 Å². The number of fused-ring (bicyclic) bond motifs is 3. The van der Waals surface area contributed by atoms with E-state index in [2.05, 4.69) is 15.6 Å². The summed E-state index contributed by atoms with van der Waals surface area (Å²) in [5.41, 5.74) is -1.44. The lowest BCUT2D eigenvalue weighted by Crippen LogP contribution is -2.79. The van der Waals surface area contributed by atoms with Crippen LogP contribution in [0.15, 0.2) is 12.1 Å². The minimum atomic E-state index is -4.22. The zero-order chi connectivity index (χ0) is 24.0. The quantitative estimate of drug-likeness (QED) is 0.607. The largest absolute Gasteiger partial charge is 0.496 e. The Labute approximate surface area is 202 Å². The van der Waals surface area contributed by atoms with Crippen molar-refractivity contribution in [1.82, 2.24) is 15.6 Å².